The van der Waals surface area contributed by atoms with Gasteiger partial charge in [0.1, 0.15) is 0 Å². The van der Waals surface area contributed by atoms with Gasteiger partial charge in [-0.05, 0) is 54.4 Å². The summed E-state index contributed by atoms with van der Waals surface area (Å²) in [5, 5.41) is 0. The molecule has 0 spiro atoms. The van der Waals surface area contributed by atoms with Crippen LogP contribution in [-0.2, 0) is 19.9 Å². The molecule has 1 aromatic carbocycles. The number of halogens is 1. The lowest BCUT2D eigenvalue weighted by molar-refractivity contribution is 0.439. The fourth-order valence-electron chi connectivity index (χ4n) is 1.41. The van der Waals surface area contributed by atoms with Crippen molar-refractivity contribution in [3.8, 4) is 0 Å². The van der Waals surface area contributed by atoms with Crippen LogP contribution in [-0.4, -0.2) is 28.6 Å². The second-order valence-electron chi connectivity index (χ2n) is 5.21. The molecular weight excluding hydrogens is 366 g/mol. The van der Waals surface area contributed by atoms with Crippen LogP contribution in [0.2, 0.25) is 0 Å². The first-order valence-corrected chi connectivity index (χ1v) is 10.1. The van der Waals surface area contributed by atoms with Crippen LogP contribution in [0.25, 0.3) is 0 Å². The number of hydrogen-bond acceptors (Lipinski definition) is 4. The summed E-state index contributed by atoms with van der Waals surface area (Å²) in [4.78, 5) is -0.114. The van der Waals surface area contributed by atoms with Crippen LogP contribution in [0.1, 0.15) is 27.2 Å². The SMILES string of the molecule is CCC(C)(C)NS(=O)(=O)c1cc(S(C)(=O)=O)ccc1Br. The van der Waals surface area contributed by atoms with Gasteiger partial charge in [-0.2, -0.15) is 0 Å². The van der Waals surface area contributed by atoms with E-state index in [0.29, 0.717) is 10.9 Å². The van der Waals surface area contributed by atoms with Gasteiger partial charge < -0.3 is 0 Å². The minimum atomic E-state index is -3.80. The first-order chi connectivity index (χ1) is 8.89. The van der Waals surface area contributed by atoms with Gasteiger partial charge in [-0.25, -0.2) is 21.6 Å². The molecule has 0 radical (unpaired) electrons. The molecule has 8 heteroatoms. The molecule has 114 valence electrons. The maximum Gasteiger partial charge on any atom is 0.242 e. The van der Waals surface area contributed by atoms with E-state index < -0.39 is 25.4 Å². The monoisotopic (exact) mass is 383 g/mol. The van der Waals surface area contributed by atoms with E-state index in [1.807, 2.05) is 6.92 Å². The van der Waals surface area contributed by atoms with Crippen LogP contribution in [0, 0.1) is 0 Å². The smallest absolute Gasteiger partial charge is 0.224 e. The zero-order chi connectivity index (χ0) is 15.8. The normalized spacial score (nSPS) is 13.4. The number of sulfonamides is 1. The van der Waals surface area contributed by atoms with E-state index in [1.165, 1.54) is 12.1 Å². The molecule has 0 unspecified atom stereocenters. The van der Waals surface area contributed by atoms with E-state index in [0.717, 1.165) is 12.3 Å². The maximum atomic E-state index is 12.4. The summed E-state index contributed by atoms with van der Waals surface area (Å²) in [7, 11) is -7.27. The van der Waals surface area contributed by atoms with E-state index >= 15 is 0 Å². The van der Waals surface area contributed by atoms with Crippen molar-refractivity contribution in [2.75, 3.05) is 6.26 Å². The molecule has 1 N–H and O–H groups in total. The summed E-state index contributed by atoms with van der Waals surface area (Å²) in [6.45, 7) is 5.39. The lowest BCUT2D eigenvalue weighted by Crippen LogP contribution is -2.42. The van der Waals surface area contributed by atoms with Gasteiger partial charge in [0, 0.05) is 16.3 Å². The molecule has 5 nitrogen and oxygen atoms in total. The van der Waals surface area contributed by atoms with E-state index in [1.54, 1.807) is 13.8 Å². The fraction of sp³-hybridized carbons (Fsp3) is 0.500. The lowest BCUT2D eigenvalue weighted by atomic mass is 10.0. The van der Waals surface area contributed by atoms with Crippen molar-refractivity contribution in [3.05, 3.63) is 22.7 Å². The third kappa shape index (κ3) is 4.28. The summed E-state index contributed by atoms with van der Waals surface area (Å²) in [5.74, 6) is 0. The highest BCUT2D eigenvalue weighted by molar-refractivity contribution is 9.10. The zero-order valence-electron chi connectivity index (χ0n) is 11.8. The molecular formula is C12H18BrNO4S2. The predicted octanol–water partition coefficient (Wildman–Crippen LogP) is 2.32. The number of hydrogen-bond donors (Lipinski definition) is 1. The first kappa shape index (κ1) is 17.6. The molecule has 0 fully saturated rings. The Balaban J connectivity index is 3.39. The van der Waals surface area contributed by atoms with Crippen LogP contribution in [0.15, 0.2) is 32.5 Å². The second kappa shape index (κ2) is 5.75. The maximum absolute atomic E-state index is 12.4. The third-order valence-corrected chi connectivity index (χ3v) is 6.72. The summed E-state index contributed by atoms with van der Waals surface area (Å²) in [6, 6.07) is 3.95. The highest BCUT2D eigenvalue weighted by atomic mass is 79.9. The van der Waals surface area contributed by atoms with Crippen molar-refractivity contribution in [2.45, 2.75) is 42.5 Å². The van der Waals surface area contributed by atoms with Crippen molar-refractivity contribution < 1.29 is 16.8 Å². The molecule has 0 bridgehead atoms. The highest BCUT2D eigenvalue weighted by Gasteiger charge is 2.27. The van der Waals surface area contributed by atoms with Crippen LogP contribution in [0.4, 0.5) is 0 Å². The van der Waals surface area contributed by atoms with E-state index in [2.05, 4.69) is 20.7 Å². The Morgan fingerprint density at radius 3 is 2.20 bits per heavy atom. The molecule has 0 aliphatic heterocycles. The summed E-state index contributed by atoms with van der Waals surface area (Å²) in [5.41, 5.74) is -0.612. The Morgan fingerprint density at radius 2 is 1.75 bits per heavy atom. The Kier molecular flexibility index (Phi) is 5.06. The van der Waals surface area contributed by atoms with E-state index in [-0.39, 0.29) is 9.79 Å². The fourth-order valence-corrected chi connectivity index (χ4v) is 4.61. The molecule has 0 aliphatic carbocycles. The number of sulfone groups is 1. The molecule has 0 aromatic heterocycles. The Morgan fingerprint density at radius 1 is 1.20 bits per heavy atom. The van der Waals surface area contributed by atoms with Crippen molar-refractivity contribution >= 4 is 35.8 Å². The Hall–Kier alpha value is -0.440. The minimum Gasteiger partial charge on any atom is -0.224 e. The Labute approximate surface area is 128 Å². The van der Waals surface area contributed by atoms with E-state index in [9.17, 15) is 16.8 Å². The van der Waals surface area contributed by atoms with E-state index in [4.69, 9.17) is 0 Å². The summed E-state index contributed by atoms with van der Waals surface area (Å²) in [6.07, 6.45) is 1.64. The molecule has 0 amide bonds. The van der Waals surface area contributed by atoms with Crippen molar-refractivity contribution in [2.24, 2.45) is 0 Å². The van der Waals surface area contributed by atoms with Crippen LogP contribution in [0.5, 0.6) is 0 Å². The average Bonchev–Trinajstić information content (AvgIpc) is 2.26. The molecule has 0 aliphatic rings. The van der Waals surface area contributed by atoms with Gasteiger partial charge in [0.05, 0.1) is 9.79 Å². The van der Waals surface area contributed by atoms with Gasteiger partial charge in [-0.3, -0.25) is 0 Å². The molecule has 20 heavy (non-hydrogen) atoms. The van der Waals surface area contributed by atoms with Gasteiger partial charge in [0.15, 0.2) is 9.84 Å². The first-order valence-electron chi connectivity index (χ1n) is 5.92. The molecule has 1 rings (SSSR count). The van der Waals surface area contributed by atoms with Crippen LogP contribution >= 0.6 is 15.9 Å². The third-order valence-electron chi connectivity index (χ3n) is 2.91. The number of benzene rings is 1. The standard InChI is InChI=1S/C12H18BrNO4S2/c1-5-12(2,3)14-20(17,18)11-8-9(19(4,15)16)6-7-10(11)13/h6-8,14H,5H2,1-4H3. The van der Waals surface area contributed by atoms with Crippen molar-refractivity contribution in [1.29, 1.82) is 0 Å². The molecule has 1 aromatic rings. The van der Waals surface area contributed by atoms with Gasteiger partial charge in [0.2, 0.25) is 10.0 Å². The molecule has 0 heterocycles. The molecule has 0 saturated carbocycles. The number of rotatable bonds is 5. The topological polar surface area (TPSA) is 80.3 Å². The van der Waals surface area contributed by atoms with Crippen molar-refractivity contribution in [1.82, 2.24) is 4.72 Å². The largest absolute Gasteiger partial charge is 0.242 e. The molecule has 0 saturated heterocycles. The Bertz CT molecular complexity index is 709. The minimum absolute atomic E-state index is 0.0321. The number of nitrogens with one attached hydrogen (secondary N) is 1. The van der Waals surface area contributed by atoms with Crippen LogP contribution in [0.3, 0.4) is 0 Å². The second-order valence-corrected chi connectivity index (χ2v) is 9.73. The molecule has 0 atom stereocenters. The highest BCUT2D eigenvalue weighted by Crippen LogP contribution is 2.26. The summed E-state index contributed by atoms with van der Waals surface area (Å²) < 4.78 is 50.7. The lowest BCUT2D eigenvalue weighted by Gasteiger charge is -2.24. The predicted molar refractivity (Wildman–Crippen MR) is 81.9 cm³/mol. The van der Waals surface area contributed by atoms with Gasteiger partial charge in [-0.1, -0.05) is 6.92 Å². The quantitative estimate of drug-likeness (QED) is 0.845. The van der Waals surface area contributed by atoms with Gasteiger partial charge in [-0.15, -0.1) is 0 Å². The summed E-state index contributed by atoms with van der Waals surface area (Å²) >= 11 is 3.15. The van der Waals surface area contributed by atoms with Gasteiger partial charge in [0.25, 0.3) is 0 Å². The van der Waals surface area contributed by atoms with Gasteiger partial charge >= 0.3 is 0 Å². The van der Waals surface area contributed by atoms with Crippen molar-refractivity contribution in [3.63, 3.8) is 0 Å². The van der Waals surface area contributed by atoms with Crippen LogP contribution < -0.4 is 4.72 Å². The zero-order valence-corrected chi connectivity index (χ0v) is 15.0. The average molecular weight is 384 g/mol.